The van der Waals surface area contributed by atoms with E-state index in [1.807, 2.05) is 13.8 Å². The largest absolute Gasteiger partial charge is 0.460 e. The van der Waals surface area contributed by atoms with E-state index >= 15 is 0 Å². The second kappa shape index (κ2) is 5.75. The summed E-state index contributed by atoms with van der Waals surface area (Å²) >= 11 is 0. The molecule has 1 aliphatic rings. The summed E-state index contributed by atoms with van der Waals surface area (Å²) in [6.45, 7) is 4.27. The predicted octanol–water partition coefficient (Wildman–Crippen LogP) is 1.65. The van der Waals surface area contributed by atoms with Crippen LogP contribution < -0.4 is 10.2 Å². The Labute approximate surface area is 116 Å². The van der Waals surface area contributed by atoms with Crippen LogP contribution in [0.1, 0.15) is 29.8 Å². The van der Waals surface area contributed by atoms with Crippen molar-refractivity contribution >= 4 is 12.3 Å². The van der Waals surface area contributed by atoms with Crippen LogP contribution in [0.25, 0.3) is 0 Å². The molecule has 0 saturated carbocycles. The molecule has 1 aliphatic heterocycles. The number of nitrogens with zero attached hydrogens (tertiary/aromatic N) is 1. The lowest BCUT2D eigenvalue weighted by atomic mass is 10.1. The molecule has 106 valence electrons. The van der Waals surface area contributed by atoms with Gasteiger partial charge in [-0.2, -0.15) is 0 Å². The third-order valence-electron chi connectivity index (χ3n) is 3.01. The molecule has 0 spiro atoms. The number of amides is 2. The standard InChI is InChI=1S/C14H16N2O4/c1-9(2)13-7-16(8-17)6-11-4-3-10(14(18)15-19)5-12(11)20-13/h3-5,7-9,19H,6H2,1-2H3,(H,15,18). The van der Waals surface area contributed by atoms with Crippen LogP contribution in [0, 0.1) is 5.92 Å². The zero-order valence-corrected chi connectivity index (χ0v) is 11.3. The summed E-state index contributed by atoms with van der Waals surface area (Å²) in [6, 6.07) is 4.82. The van der Waals surface area contributed by atoms with Gasteiger partial charge in [-0.15, -0.1) is 0 Å². The highest BCUT2D eigenvalue weighted by Gasteiger charge is 2.19. The molecule has 0 bridgehead atoms. The van der Waals surface area contributed by atoms with Crippen LogP contribution in [0.5, 0.6) is 5.75 Å². The molecular formula is C14H16N2O4. The molecule has 1 aromatic carbocycles. The Morgan fingerprint density at radius 1 is 1.50 bits per heavy atom. The van der Waals surface area contributed by atoms with Gasteiger partial charge in [-0.3, -0.25) is 14.8 Å². The van der Waals surface area contributed by atoms with E-state index in [0.717, 1.165) is 12.0 Å². The molecular weight excluding hydrogens is 260 g/mol. The maximum Gasteiger partial charge on any atom is 0.274 e. The summed E-state index contributed by atoms with van der Waals surface area (Å²) in [5.41, 5.74) is 2.66. The van der Waals surface area contributed by atoms with Gasteiger partial charge in [0.15, 0.2) is 0 Å². The van der Waals surface area contributed by atoms with Gasteiger partial charge >= 0.3 is 0 Å². The molecule has 20 heavy (non-hydrogen) atoms. The topological polar surface area (TPSA) is 78.9 Å². The van der Waals surface area contributed by atoms with Gasteiger partial charge in [0.05, 0.1) is 6.54 Å². The minimum atomic E-state index is -0.608. The van der Waals surface area contributed by atoms with Crippen molar-refractivity contribution in [2.24, 2.45) is 5.92 Å². The van der Waals surface area contributed by atoms with Crippen molar-refractivity contribution in [1.29, 1.82) is 0 Å². The molecule has 0 aliphatic carbocycles. The number of benzene rings is 1. The Kier molecular flexibility index (Phi) is 4.05. The van der Waals surface area contributed by atoms with Gasteiger partial charge in [-0.1, -0.05) is 19.9 Å². The number of carbonyl (C=O) groups is 2. The maximum atomic E-state index is 11.4. The molecule has 0 saturated heterocycles. The van der Waals surface area contributed by atoms with E-state index in [1.54, 1.807) is 29.9 Å². The fourth-order valence-corrected chi connectivity index (χ4v) is 1.88. The number of hydrogen-bond acceptors (Lipinski definition) is 4. The third kappa shape index (κ3) is 2.80. The van der Waals surface area contributed by atoms with Crippen molar-refractivity contribution < 1.29 is 19.5 Å². The Balaban J connectivity index is 2.42. The first-order valence-corrected chi connectivity index (χ1v) is 6.23. The minimum Gasteiger partial charge on any atom is -0.460 e. The smallest absolute Gasteiger partial charge is 0.274 e. The van der Waals surface area contributed by atoms with Gasteiger partial charge in [0, 0.05) is 23.2 Å². The normalized spacial score (nSPS) is 14.0. The summed E-state index contributed by atoms with van der Waals surface area (Å²) in [5.74, 6) is 0.634. The first-order chi connectivity index (χ1) is 9.55. The van der Waals surface area contributed by atoms with Crippen LogP contribution in [0.3, 0.4) is 0 Å². The number of allylic oxidation sites excluding steroid dienone is 1. The zero-order chi connectivity index (χ0) is 14.7. The molecule has 0 unspecified atom stereocenters. The fourth-order valence-electron chi connectivity index (χ4n) is 1.88. The van der Waals surface area contributed by atoms with Crippen LogP contribution in [-0.2, 0) is 11.3 Å². The lowest BCUT2D eigenvalue weighted by Crippen LogP contribution is -2.18. The molecule has 2 rings (SSSR count). The van der Waals surface area contributed by atoms with Crippen LogP contribution in [-0.4, -0.2) is 22.4 Å². The molecule has 0 radical (unpaired) electrons. The van der Waals surface area contributed by atoms with E-state index in [9.17, 15) is 9.59 Å². The molecule has 1 heterocycles. The summed E-state index contributed by atoms with van der Waals surface area (Å²) < 4.78 is 5.78. The van der Waals surface area contributed by atoms with E-state index < -0.39 is 5.91 Å². The molecule has 1 aromatic rings. The van der Waals surface area contributed by atoms with Gasteiger partial charge in [-0.25, -0.2) is 5.48 Å². The number of hydrogen-bond donors (Lipinski definition) is 2. The van der Waals surface area contributed by atoms with Gasteiger partial charge in [0.1, 0.15) is 11.5 Å². The number of carbonyl (C=O) groups excluding carboxylic acids is 2. The van der Waals surface area contributed by atoms with Crippen molar-refractivity contribution in [3.63, 3.8) is 0 Å². The van der Waals surface area contributed by atoms with Crippen molar-refractivity contribution in [3.8, 4) is 5.75 Å². The monoisotopic (exact) mass is 276 g/mol. The number of rotatable bonds is 3. The SMILES string of the molecule is CC(C)C1=CN(C=O)Cc2ccc(C(=O)NO)cc2O1. The zero-order valence-electron chi connectivity index (χ0n) is 11.3. The Morgan fingerprint density at radius 3 is 2.85 bits per heavy atom. The molecule has 0 fully saturated rings. The van der Waals surface area contributed by atoms with Crippen molar-refractivity contribution in [1.82, 2.24) is 10.4 Å². The summed E-state index contributed by atoms with van der Waals surface area (Å²) in [6.07, 6.45) is 2.39. The summed E-state index contributed by atoms with van der Waals surface area (Å²) in [7, 11) is 0. The van der Waals surface area contributed by atoms with Gasteiger partial charge < -0.3 is 9.64 Å². The van der Waals surface area contributed by atoms with Crippen LogP contribution >= 0.6 is 0 Å². The quantitative estimate of drug-likeness (QED) is 0.500. The lowest BCUT2D eigenvalue weighted by Gasteiger charge is -2.13. The average molecular weight is 276 g/mol. The fraction of sp³-hybridized carbons (Fsp3) is 0.286. The highest BCUT2D eigenvalue weighted by Crippen LogP contribution is 2.29. The van der Waals surface area contributed by atoms with Gasteiger partial charge in [-0.05, 0) is 12.1 Å². The predicted molar refractivity (Wildman–Crippen MR) is 70.9 cm³/mol. The second-order valence-electron chi connectivity index (χ2n) is 4.83. The Morgan fingerprint density at radius 2 is 2.25 bits per heavy atom. The van der Waals surface area contributed by atoms with Crippen LogP contribution in [0.2, 0.25) is 0 Å². The first-order valence-electron chi connectivity index (χ1n) is 6.23. The van der Waals surface area contributed by atoms with E-state index in [-0.39, 0.29) is 11.5 Å². The molecule has 2 amide bonds. The van der Waals surface area contributed by atoms with Crippen LogP contribution in [0.4, 0.5) is 0 Å². The summed E-state index contributed by atoms with van der Waals surface area (Å²) in [5, 5.41) is 8.66. The highest BCUT2D eigenvalue weighted by atomic mass is 16.5. The van der Waals surface area contributed by atoms with E-state index in [0.29, 0.717) is 18.1 Å². The number of ether oxygens (including phenoxy) is 1. The maximum absolute atomic E-state index is 11.4. The van der Waals surface area contributed by atoms with Crippen molar-refractivity contribution in [3.05, 3.63) is 41.3 Å². The van der Waals surface area contributed by atoms with E-state index in [1.165, 1.54) is 4.90 Å². The van der Waals surface area contributed by atoms with Gasteiger partial charge in [0.2, 0.25) is 6.41 Å². The summed E-state index contributed by atoms with van der Waals surface area (Å²) in [4.78, 5) is 24.0. The van der Waals surface area contributed by atoms with E-state index in [4.69, 9.17) is 9.94 Å². The molecule has 6 heteroatoms. The number of nitrogens with one attached hydrogen (secondary N) is 1. The third-order valence-corrected chi connectivity index (χ3v) is 3.01. The van der Waals surface area contributed by atoms with Crippen molar-refractivity contribution in [2.75, 3.05) is 0 Å². The number of fused-ring (bicyclic) bond motifs is 1. The lowest BCUT2D eigenvalue weighted by molar-refractivity contribution is -0.116. The Hall–Kier alpha value is -2.34. The van der Waals surface area contributed by atoms with Crippen LogP contribution in [0.15, 0.2) is 30.2 Å². The highest BCUT2D eigenvalue weighted by molar-refractivity contribution is 5.93. The van der Waals surface area contributed by atoms with Gasteiger partial charge in [0.25, 0.3) is 5.91 Å². The second-order valence-corrected chi connectivity index (χ2v) is 4.83. The Bertz CT molecular complexity index is 566. The molecule has 0 aromatic heterocycles. The molecule has 0 atom stereocenters. The van der Waals surface area contributed by atoms with E-state index in [2.05, 4.69) is 0 Å². The minimum absolute atomic E-state index is 0.0960. The van der Waals surface area contributed by atoms with Crippen molar-refractivity contribution in [2.45, 2.75) is 20.4 Å². The molecule has 6 nitrogen and oxygen atoms in total. The average Bonchev–Trinajstić information content (AvgIpc) is 2.64. The molecule has 2 N–H and O–H groups in total. The number of hydroxylamine groups is 1. The first kappa shape index (κ1) is 14.1.